The Morgan fingerprint density at radius 1 is 1.10 bits per heavy atom. The SMILES string of the molecule is Cc1cnc(C(=O)NC23CC4CC(CC(C4)C2)C3)cn1. The van der Waals surface area contributed by atoms with E-state index in [1.54, 1.807) is 12.4 Å². The third-order valence-corrected chi connectivity index (χ3v) is 5.43. The first kappa shape index (κ1) is 12.3. The maximum atomic E-state index is 12.4. The molecule has 0 saturated heterocycles. The van der Waals surface area contributed by atoms with Crippen molar-refractivity contribution < 1.29 is 4.79 Å². The Morgan fingerprint density at radius 3 is 2.20 bits per heavy atom. The lowest BCUT2D eigenvalue weighted by Crippen LogP contribution is -2.59. The molecule has 20 heavy (non-hydrogen) atoms. The van der Waals surface area contributed by atoms with Gasteiger partial charge in [-0.25, -0.2) is 4.98 Å². The molecule has 0 spiro atoms. The molecule has 0 radical (unpaired) electrons. The number of rotatable bonds is 2. The Bertz CT molecular complexity index is 502. The van der Waals surface area contributed by atoms with Crippen LogP contribution in [-0.2, 0) is 0 Å². The predicted octanol–water partition coefficient (Wildman–Crippen LogP) is 2.48. The van der Waals surface area contributed by atoms with E-state index in [1.807, 2.05) is 6.92 Å². The molecule has 4 aliphatic carbocycles. The van der Waals surface area contributed by atoms with E-state index in [1.165, 1.54) is 38.5 Å². The number of hydrogen-bond acceptors (Lipinski definition) is 3. The quantitative estimate of drug-likeness (QED) is 0.899. The van der Waals surface area contributed by atoms with Gasteiger partial charge in [0.15, 0.2) is 0 Å². The highest BCUT2D eigenvalue weighted by molar-refractivity contribution is 5.92. The first-order valence-corrected chi connectivity index (χ1v) is 7.73. The minimum Gasteiger partial charge on any atom is -0.345 e. The van der Waals surface area contributed by atoms with E-state index >= 15 is 0 Å². The molecule has 0 aromatic carbocycles. The molecule has 4 heteroatoms. The highest BCUT2D eigenvalue weighted by Gasteiger charge is 2.51. The summed E-state index contributed by atoms with van der Waals surface area (Å²) in [6, 6.07) is 0. The molecule has 1 aromatic rings. The van der Waals surface area contributed by atoms with E-state index < -0.39 is 0 Å². The second-order valence-electron chi connectivity index (χ2n) is 7.20. The fraction of sp³-hybridized carbons (Fsp3) is 0.688. The zero-order valence-corrected chi connectivity index (χ0v) is 11.9. The van der Waals surface area contributed by atoms with Crippen LogP contribution >= 0.6 is 0 Å². The number of nitrogens with zero attached hydrogens (tertiary/aromatic N) is 2. The first-order valence-electron chi connectivity index (χ1n) is 7.73. The van der Waals surface area contributed by atoms with E-state index in [0.717, 1.165) is 23.4 Å². The summed E-state index contributed by atoms with van der Waals surface area (Å²) < 4.78 is 0. The lowest BCUT2D eigenvalue weighted by Gasteiger charge is -2.56. The van der Waals surface area contributed by atoms with Gasteiger partial charge in [-0.05, 0) is 63.2 Å². The lowest BCUT2D eigenvalue weighted by atomic mass is 9.53. The van der Waals surface area contributed by atoms with E-state index in [4.69, 9.17) is 0 Å². The number of hydrogen-bond donors (Lipinski definition) is 1. The maximum Gasteiger partial charge on any atom is 0.271 e. The van der Waals surface area contributed by atoms with Crippen molar-refractivity contribution in [3.63, 3.8) is 0 Å². The summed E-state index contributed by atoms with van der Waals surface area (Å²) in [5.74, 6) is 2.47. The van der Waals surface area contributed by atoms with Gasteiger partial charge in [0.25, 0.3) is 5.91 Å². The third-order valence-electron chi connectivity index (χ3n) is 5.43. The maximum absolute atomic E-state index is 12.4. The highest BCUT2D eigenvalue weighted by Crippen LogP contribution is 2.55. The zero-order valence-electron chi connectivity index (χ0n) is 11.9. The average Bonchev–Trinajstić information content (AvgIpc) is 2.37. The predicted molar refractivity (Wildman–Crippen MR) is 75.1 cm³/mol. The minimum absolute atomic E-state index is 0.0422. The third kappa shape index (κ3) is 2.02. The van der Waals surface area contributed by atoms with Gasteiger partial charge in [-0.2, -0.15) is 0 Å². The number of nitrogens with one attached hydrogen (secondary N) is 1. The van der Waals surface area contributed by atoms with Crippen molar-refractivity contribution in [2.75, 3.05) is 0 Å². The normalized spacial score (nSPS) is 38.0. The number of aryl methyl sites for hydroxylation is 1. The highest BCUT2D eigenvalue weighted by atomic mass is 16.2. The molecule has 106 valence electrons. The number of carbonyl (C=O) groups excluding carboxylic acids is 1. The molecular weight excluding hydrogens is 250 g/mol. The average molecular weight is 271 g/mol. The molecular formula is C16H21N3O. The number of aromatic nitrogens is 2. The Balaban J connectivity index is 1.53. The monoisotopic (exact) mass is 271 g/mol. The van der Waals surface area contributed by atoms with E-state index in [2.05, 4.69) is 15.3 Å². The molecule has 5 rings (SSSR count). The van der Waals surface area contributed by atoms with Gasteiger partial charge in [0.1, 0.15) is 5.69 Å². The van der Waals surface area contributed by atoms with E-state index in [9.17, 15) is 4.79 Å². The molecule has 4 aliphatic rings. The van der Waals surface area contributed by atoms with E-state index in [0.29, 0.717) is 5.69 Å². The van der Waals surface area contributed by atoms with Gasteiger partial charge in [-0.3, -0.25) is 9.78 Å². The van der Waals surface area contributed by atoms with Crippen LogP contribution in [0.5, 0.6) is 0 Å². The largest absolute Gasteiger partial charge is 0.345 e. The standard InChI is InChI=1S/C16H21N3O/c1-10-8-18-14(9-17-10)15(20)19-16-5-11-2-12(6-16)4-13(3-11)7-16/h8-9,11-13H,2-7H2,1H3,(H,19,20). The summed E-state index contributed by atoms with van der Waals surface area (Å²) in [5.41, 5.74) is 1.35. The fourth-order valence-electron chi connectivity index (χ4n) is 5.08. The number of carbonyl (C=O) groups is 1. The van der Waals surface area contributed by atoms with Crippen molar-refractivity contribution in [2.24, 2.45) is 17.8 Å². The van der Waals surface area contributed by atoms with Crippen molar-refractivity contribution in [3.05, 3.63) is 23.8 Å². The molecule has 1 amide bonds. The molecule has 4 bridgehead atoms. The van der Waals surface area contributed by atoms with Crippen LogP contribution in [0.15, 0.2) is 12.4 Å². The Hall–Kier alpha value is -1.45. The van der Waals surface area contributed by atoms with Gasteiger partial charge in [0.2, 0.25) is 0 Å². The summed E-state index contributed by atoms with van der Waals surface area (Å²) >= 11 is 0. The van der Waals surface area contributed by atoms with Crippen LogP contribution < -0.4 is 5.32 Å². The van der Waals surface area contributed by atoms with Crippen LogP contribution in [0.2, 0.25) is 0 Å². The fourth-order valence-corrected chi connectivity index (χ4v) is 5.08. The van der Waals surface area contributed by atoms with Crippen molar-refractivity contribution in [1.29, 1.82) is 0 Å². The summed E-state index contributed by atoms with van der Waals surface area (Å²) in [6.07, 6.45) is 10.9. The van der Waals surface area contributed by atoms with Crippen molar-refractivity contribution in [2.45, 2.75) is 51.0 Å². The van der Waals surface area contributed by atoms with E-state index in [-0.39, 0.29) is 11.4 Å². The van der Waals surface area contributed by atoms with Crippen LogP contribution in [0.4, 0.5) is 0 Å². The molecule has 1 aromatic heterocycles. The Labute approximate surface area is 119 Å². The molecule has 1 heterocycles. The molecule has 0 aliphatic heterocycles. The number of amides is 1. The van der Waals surface area contributed by atoms with Crippen LogP contribution in [0.3, 0.4) is 0 Å². The van der Waals surface area contributed by atoms with Crippen LogP contribution in [-0.4, -0.2) is 21.4 Å². The van der Waals surface area contributed by atoms with Crippen LogP contribution in [0.25, 0.3) is 0 Å². The summed E-state index contributed by atoms with van der Waals surface area (Å²) in [5, 5.41) is 3.32. The van der Waals surface area contributed by atoms with Crippen LogP contribution in [0, 0.1) is 24.7 Å². The first-order chi connectivity index (χ1) is 9.62. The second kappa shape index (κ2) is 4.27. The zero-order chi connectivity index (χ0) is 13.7. The molecule has 4 saturated carbocycles. The molecule has 4 fully saturated rings. The summed E-state index contributed by atoms with van der Waals surface area (Å²) in [4.78, 5) is 20.8. The van der Waals surface area contributed by atoms with Crippen molar-refractivity contribution >= 4 is 5.91 Å². The van der Waals surface area contributed by atoms with Gasteiger partial charge in [-0.15, -0.1) is 0 Å². The van der Waals surface area contributed by atoms with Crippen LogP contribution in [0.1, 0.15) is 54.7 Å². The summed E-state index contributed by atoms with van der Waals surface area (Å²) in [6.45, 7) is 1.88. The smallest absolute Gasteiger partial charge is 0.271 e. The van der Waals surface area contributed by atoms with Crippen molar-refractivity contribution in [3.8, 4) is 0 Å². The Morgan fingerprint density at radius 2 is 1.70 bits per heavy atom. The molecule has 0 atom stereocenters. The molecule has 1 N–H and O–H groups in total. The molecule has 0 unspecified atom stereocenters. The van der Waals surface area contributed by atoms with Gasteiger partial charge >= 0.3 is 0 Å². The van der Waals surface area contributed by atoms with Gasteiger partial charge < -0.3 is 5.32 Å². The van der Waals surface area contributed by atoms with Crippen molar-refractivity contribution in [1.82, 2.24) is 15.3 Å². The minimum atomic E-state index is -0.0422. The Kier molecular flexibility index (Phi) is 2.63. The summed E-state index contributed by atoms with van der Waals surface area (Å²) in [7, 11) is 0. The van der Waals surface area contributed by atoms with Gasteiger partial charge in [-0.1, -0.05) is 0 Å². The second-order valence-corrected chi connectivity index (χ2v) is 7.20. The molecule has 4 nitrogen and oxygen atoms in total. The van der Waals surface area contributed by atoms with Gasteiger partial charge in [0.05, 0.1) is 11.9 Å². The lowest BCUT2D eigenvalue weighted by molar-refractivity contribution is -0.0167. The topological polar surface area (TPSA) is 54.9 Å². The van der Waals surface area contributed by atoms with Gasteiger partial charge in [0, 0.05) is 11.7 Å².